The minimum atomic E-state index is -0.411. The first kappa shape index (κ1) is 15.7. The van der Waals surface area contributed by atoms with E-state index in [1.165, 1.54) is 0 Å². The van der Waals surface area contributed by atoms with Crippen molar-refractivity contribution in [2.24, 2.45) is 5.92 Å². The molecule has 1 unspecified atom stereocenters. The van der Waals surface area contributed by atoms with E-state index in [9.17, 15) is 9.59 Å². The molecule has 0 rings (SSSR count). The number of hydrogen-bond donors (Lipinski definition) is 1. The molecule has 0 heterocycles. The predicted octanol–water partition coefficient (Wildman–Crippen LogP) is 1.63. The van der Waals surface area contributed by atoms with Crippen LogP contribution in [-0.4, -0.2) is 43.1 Å². The van der Waals surface area contributed by atoms with Crippen molar-refractivity contribution in [3.8, 4) is 0 Å². The molecule has 1 N–H and O–H groups in total. The van der Waals surface area contributed by atoms with Gasteiger partial charge in [0.2, 0.25) is 0 Å². The van der Waals surface area contributed by atoms with Crippen LogP contribution in [0.15, 0.2) is 0 Å². The molecule has 0 aromatic rings. The molecule has 5 nitrogen and oxygen atoms in total. The average Bonchev–Trinajstić information content (AvgIpc) is 2.24. The van der Waals surface area contributed by atoms with E-state index in [2.05, 4.69) is 19.2 Å². The molecule has 0 spiro atoms. The summed E-state index contributed by atoms with van der Waals surface area (Å²) in [5, 5.41) is 2.53. The van der Waals surface area contributed by atoms with Gasteiger partial charge in [0, 0.05) is 13.1 Å². The van der Waals surface area contributed by atoms with Crippen LogP contribution in [0.1, 0.15) is 34.1 Å². The third-order valence-corrected chi connectivity index (χ3v) is 2.48. The Morgan fingerprint density at radius 3 is 2.35 bits per heavy atom. The molecule has 100 valence electrons. The minimum absolute atomic E-state index is 0.0780. The van der Waals surface area contributed by atoms with Gasteiger partial charge in [-0.05, 0) is 26.2 Å². The monoisotopic (exact) mass is 244 g/mol. The Balaban J connectivity index is 4.00. The van der Waals surface area contributed by atoms with Gasteiger partial charge in [0.05, 0.1) is 6.61 Å². The molecular weight excluding hydrogens is 220 g/mol. The van der Waals surface area contributed by atoms with Crippen LogP contribution in [0, 0.1) is 5.92 Å². The summed E-state index contributed by atoms with van der Waals surface area (Å²) in [5.41, 5.74) is 0. The summed E-state index contributed by atoms with van der Waals surface area (Å²) in [5.74, 6) is 0.121. The van der Waals surface area contributed by atoms with Crippen molar-refractivity contribution >= 4 is 12.0 Å². The van der Waals surface area contributed by atoms with Crippen LogP contribution >= 0.6 is 0 Å². The summed E-state index contributed by atoms with van der Waals surface area (Å²) < 4.78 is 4.72. The van der Waals surface area contributed by atoms with Crippen molar-refractivity contribution in [2.75, 3.05) is 20.2 Å². The smallest absolute Gasteiger partial charge is 0.325 e. The number of hydrogen-bond acceptors (Lipinski definition) is 3. The van der Waals surface area contributed by atoms with Gasteiger partial charge in [0.25, 0.3) is 0 Å². The number of nitrogens with zero attached hydrogens (tertiary/aromatic N) is 1. The van der Waals surface area contributed by atoms with Crippen molar-refractivity contribution < 1.29 is 14.3 Å². The molecule has 0 aromatic heterocycles. The molecule has 0 saturated carbocycles. The third kappa shape index (κ3) is 6.81. The second kappa shape index (κ2) is 7.92. The lowest BCUT2D eigenvalue weighted by Crippen LogP contribution is -2.44. The van der Waals surface area contributed by atoms with Crippen molar-refractivity contribution in [3.63, 3.8) is 0 Å². The molecule has 1 atom stereocenters. The highest BCUT2D eigenvalue weighted by atomic mass is 16.5. The second-order valence-electron chi connectivity index (χ2n) is 4.55. The lowest BCUT2D eigenvalue weighted by atomic mass is 10.0. The van der Waals surface area contributed by atoms with Gasteiger partial charge in [-0.1, -0.05) is 13.8 Å². The van der Waals surface area contributed by atoms with E-state index in [4.69, 9.17) is 4.74 Å². The zero-order valence-electron chi connectivity index (χ0n) is 11.4. The summed E-state index contributed by atoms with van der Waals surface area (Å²) in [4.78, 5) is 24.4. The first-order chi connectivity index (χ1) is 7.88. The molecule has 0 aromatic carbocycles. The highest BCUT2D eigenvalue weighted by Crippen LogP contribution is 2.09. The Morgan fingerprint density at radius 2 is 1.88 bits per heavy atom. The molecular formula is C12H24N2O3. The van der Waals surface area contributed by atoms with Crippen LogP contribution in [0.3, 0.4) is 0 Å². The van der Waals surface area contributed by atoms with E-state index in [-0.39, 0.29) is 18.6 Å². The van der Waals surface area contributed by atoms with Crippen molar-refractivity contribution in [1.82, 2.24) is 10.2 Å². The quantitative estimate of drug-likeness (QED) is 0.722. The first-order valence-electron chi connectivity index (χ1n) is 6.04. The SMILES string of the molecule is CCOC(=O)CNC(=O)N(C)C(C)CC(C)C. The van der Waals surface area contributed by atoms with E-state index in [1.807, 2.05) is 6.92 Å². The number of carbonyl (C=O) groups is 2. The highest BCUT2D eigenvalue weighted by molar-refractivity contribution is 5.80. The fraction of sp³-hybridized carbons (Fsp3) is 0.833. The highest BCUT2D eigenvalue weighted by Gasteiger charge is 2.17. The fourth-order valence-corrected chi connectivity index (χ4v) is 1.53. The summed E-state index contributed by atoms with van der Waals surface area (Å²) in [6.07, 6.45) is 0.934. The van der Waals surface area contributed by atoms with Gasteiger partial charge in [0.1, 0.15) is 6.54 Å². The topological polar surface area (TPSA) is 58.6 Å². The van der Waals surface area contributed by atoms with Crippen molar-refractivity contribution in [2.45, 2.75) is 40.2 Å². The normalized spacial score (nSPS) is 12.1. The van der Waals surface area contributed by atoms with Crippen LogP contribution in [0.25, 0.3) is 0 Å². The number of nitrogens with one attached hydrogen (secondary N) is 1. The van der Waals surface area contributed by atoms with Gasteiger partial charge >= 0.3 is 12.0 Å². The fourth-order valence-electron chi connectivity index (χ4n) is 1.53. The maximum atomic E-state index is 11.7. The number of esters is 1. The molecule has 17 heavy (non-hydrogen) atoms. The number of carbonyl (C=O) groups excluding carboxylic acids is 2. The van der Waals surface area contributed by atoms with E-state index in [1.54, 1.807) is 18.9 Å². The number of ether oxygens (including phenoxy) is 1. The van der Waals surface area contributed by atoms with Crippen LogP contribution in [0.5, 0.6) is 0 Å². The van der Waals surface area contributed by atoms with E-state index in [0.29, 0.717) is 12.5 Å². The van der Waals surface area contributed by atoms with Gasteiger partial charge in [-0.15, -0.1) is 0 Å². The molecule has 0 fully saturated rings. The van der Waals surface area contributed by atoms with Crippen LogP contribution < -0.4 is 5.32 Å². The Labute approximate surface area is 103 Å². The third-order valence-electron chi connectivity index (χ3n) is 2.48. The van der Waals surface area contributed by atoms with E-state index in [0.717, 1.165) is 6.42 Å². The zero-order chi connectivity index (χ0) is 13.4. The van der Waals surface area contributed by atoms with E-state index < -0.39 is 5.97 Å². The molecule has 0 saturated heterocycles. The maximum Gasteiger partial charge on any atom is 0.325 e. The lowest BCUT2D eigenvalue weighted by Gasteiger charge is -2.26. The van der Waals surface area contributed by atoms with Crippen LogP contribution in [0.4, 0.5) is 4.79 Å². The number of amides is 2. The molecule has 0 radical (unpaired) electrons. The Bertz CT molecular complexity index is 254. The Kier molecular flexibility index (Phi) is 7.34. The summed E-state index contributed by atoms with van der Waals surface area (Å²) >= 11 is 0. The van der Waals surface area contributed by atoms with Crippen LogP contribution in [0.2, 0.25) is 0 Å². The minimum Gasteiger partial charge on any atom is -0.465 e. The van der Waals surface area contributed by atoms with Gasteiger partial charge in [0.15, 0.2) is 0 Å². The molecule has 0 aliphatic heterocycles. The van der Waals surface area contributed by atoms with Crippen molar-refractivity contribution in [1.29, 1.82) is 0 Å². The molecule has 0 aliphatic rings. The molecule has 0 aliphatic carbocycles. The van der Waals surface area contributed by atoms with Gasteiger partial charge in [-0.3, -0.25) is 4.79 Å². The van der Waals surface area contributed by atoms with Gasteiger partial charge < -0.3 is 15.0 Å². The Hall–Kier alpha value is -1.26. The summed E-state index contributed by atoms with van der Waals surface area (Å²) in [6.45, 7) is 8.20. The largest absolute Gasteiger partial charge is 0.465 e. The summed E-state index contributed by atoms with van der Waals surface area (Å²) in [6, 6.07) is -0.0941. The first-order valence-corrected chi connectivity index (χ1v) is 6.04. The molecule has 2 amide bonds. The molecule has 0 bridgehead atoms. The van der Waals surface area contributed by atoms with Crippen LogP contribution in [-0.2, 0) is 9.53 Å². The maximum absolute atomic E-state index is 11.7. The number of urea groups is 1. The van der Waals surface area contributed by atoms with Gasteiger partial charge in [-0.2, -0.15) is 0 Å². The predicted molar refractivity (Wildman–Crippen MR) is 66.7 cm³/mol. The van der Waals surface area contributed by atoms with E-state index >= 15 is 0 Å². The lowest BCUT2D eigenvalue weighted by molar-refractivity contribution is -0.141. The molecule has 5 heteroatoms. The summed E-state index contributed by atoms with van der Waals surface area (Å²) in [7, 11) is 1.73. The number of rotatable bonds is 6. The zero-order valence-corrected chi connectivity index (χ0v) is 11.4. The standard InChI is InChI=1S/C12H24N2O3/c1-6-17-11(15)8-13-12(16)14(5)10(4)7-9(2)3/h9-10H,6-8H2,1-5H3,(H,13,16). The van der Waals surface area contributed by atoms with Crippen molar-refractivity contribution in [3.05, 3.63) is 0 Å². The Morgan fingerprint density at radius 1 is 1.29 bits per heavy atom. The average molecular weight is 244 g/mol. The second-order valence-corrected chi connectivity index (χ2v) is 4.55. The van der Waals surface area contributed by atoms with Gasteiger partial charge in [-0.25, -0.2) is 4.79 Å².